The van der Waals surface area contributed by atoms with Crippen LogP contribution < -0.4 is 10.1 Å². The van der Waals surface area contributed by atoms with Gasteiger partial charge in [-0.2, -0.15) is 0 Å². The fraction of sp³-hybridized carbons (Fsp3) is 0.160. The Bertz CT molecular complexity index is 1210. The van der Waals surface area contributed by atoms with Gasteiger partial charge in [0, 0.05) is 18.3 Å². The highest BCUT2D eigenvalue weighted by Gasteiger charge is 2.19. The number of hydrogen-bond acceptors (Lipinski definition) is 5. The zero-order chi connectivity index (χ0) is 23.2. The maximum atomic E-state index is 13.2. The van der Waals surface area contributed by atoms with E-state index in [4.69, 9.17) is 4.74 Å². The second-order valence-corrected chi connectivity index (χ2v) is 8.73. The van der Waals surface area contributed by atoms with E-state index in [1.165, 1.54) is 23.9 Å². The first-order valence-corrected chi connectivity index (χ1v) is 11.3. The van der Waals surface area contributed by atoms with Crippen molar-refractivity contribution >= 4 is 23.4 Å². The summed E-state index contributed by atoms with van der Waals surface area (Å²) in [5.74, 6) is 0.878. The normalized spacial score (nSPS) is 11.7. The molecule has 0 radical (unpaired) electrons. The molecule has 4 aromatic rings. The largest absolute Gasteiger partial charge is 0.489 e. The van der Waals surface area contributed by atoms with Crippen LogP contribution in [0, 0.1) is 5.82 Å². The highest BCUT2D eigenvalue weighted by Crippen LogP contribution is 2.27. The summed E-state index contributed by atoms with van der Waals surface area (Å²) in [5, 5.41) is 11.5. The van der Waals surface area contributed by atoms with Gasteiger partial charge in [0.05, 0.1) is 5.25 Å². The van der Waals surface area contributed by atoms with E-state index in [1.54, 1.807) is 16.7 Å². The summed E-state index contributed by atoms with van der Waals surface area (Å²) in [6.07, 6.45) is 0. The molecule has 0 spiro atoms. The second-order valence-electron chi connectivity index (χ2n) is 7.42. The summed E-state index contributed by atoms with van der Waals surface area (Å²) >= 11 is 1.30. The molecule has 168 valence electrons. The van der Waals surface area contributed by atoms with Gasteiger partial charge in [-0.05, 0) is 61.0 Å². The van der Waals surface area contributed by atoms with Crippen LogP contribution in [0.5, 0.6) is 5.75 Å². The summed E-state index contributed by atoms with van der Waals surface area (Å²) in [7, 11) is 1.82. The third-order valence-electron chi connectivity index (χ3n) is 4.96. The van der Waals surface area contributed by atoms with Crippen LogP contribution in [0.15, 0.2) is 84.0 Å². The van der Waals surface area contributed by atoms with Crippen LogP contribution in [0.3, 0.4) is 0 Å². The standard InChI is InChI=1S/C25H23FN4O2S/c1-17(33-25-29-28-23(30(25)2)19-8-10-20(26)11-9-19)24(31)27-21-12-14-22(15-13-21)32-16-18-6-4-3-5-7-18/h3-15,17H,16H2,1-2H3,(H,27,31). The van der Waals surface area contributed by atoms with Crippen molar-refractivity contribution < 1.29 is 13.9 Å². The van der Waals surface area contributed by atoms with E-state index in [1.807, 2.05) is 68.6 Å². The molecule has 0 fully saturated rings. The van der Waals surface area contributed by atoms with E-state index < -0.39 is 5.25 Å². The molecule has 1 atom stereocenters. The van der Waals surface area contributed by atoms with E-state index in [9.17, 15) is 9.18 Å². The Morgan fingerprint density at radius 2 is 1.73 bits per heavy atom. The van der Waals surface area contributed by atoms with Crippen LogP contribution in [0.4, 0.5) is 10.1 Å². The third-order valence-corrected chi connectivity index (χ3v) is 6.09. The molecular weight excluding hydrogens is 439 g/mol. The van der Waals surface area contributed by atoms with Gasteiger partial charge in [0.1, 0.15) is 18.2 Å². The SMILES string of the molecule is CC(Sc1nnc(-c2ccc(F)cc2)n1C)C(=O)Nc1ccc(OCc2ccccc2)cc1. The number of carbonyl (C=O) groups is 1. The molecule has 3 aromatic carbocycles. The van der Waals surface area contributed by atoms with E-state index in [0.717, 1.165) is 16.9 Å². The van der Waals surface area contributed by atoms with Crippen molar-refractivity contribution in [3.05, 3.63) is 90.2 Å². The summed E-state index contributed by atoms with van der Waals surface area (Å²) in [5.41, 5.74) is 2.53. The van der Waals surface area contributed by atoms with Crippen molar-refractivity contribution in [3.8, 4) is 17.1 Å². The van der Waals surface area contributed by atoms with Crippen LogP contribution in [-0.2, 0) is 18.4 Å². The number of hydrogen-bond donors (Lipinski definition) is 1. The monoisotopic (exact) mass is 462 g/mol. The van der Waals surface area contributed by atoms with Crippen LogP contribution in [0.2, 0.25) is 0 Å². The lowest BCUT2D eigenvalue weighted by atomic mass is 10.2. The molecule has 4 rings (SSSR count). The number of ether oxygens (including phenoxy) is 1. The zero-order valence-electron chi connectivity index (χ0n) is 18.2. The van der Waals surface area contributed by atoms with E-state index in [2.05, 4.69) is 15.5 Å². The van der Waals surface area contributed by atoms with Gasteiger partial charge >= 0.3 is 0 Å². The van der Waals surface area contributed by atoms with Crippen LogP contribution >= 0.6 is 11.8 Å². The molecule has 33 heavy (non-hydrogen) atoms. The van der Waals surface area contributed by atoms with Crippen LogP contribution in [0.1, 0.15) is 12.5 Å². The highest BCUT2D eigenvalue weighted by atomic mass is 32.2. The molecule has 0 bridgehead atoms. The first kappa shape index (κ1) is 22.5. The zero-order valence-corrected chi connectivity index (χ0v) is 19.1. The smallest absolute Gasteiger partial charge is 0.237 e. The quantitative estimate of drug-likeness (QED) is 0.359. The summed E-state index contributed by atoms with van der Waals surface area (Å²) in [6, 6.07) is 23.3. The fourth-order valence-electron chi connectivity index (χ4n) is 3.10. The summed E-state index contributed by atoms with van der Waals surface area (Å²) in [4.78, 5) is 12.7. The third kappa shape index (κ3) is 5.78. The summed E-state index contributed by atoms with van der Waals surface area (Å²) < 4.78 is 20.8. The first-order chi connectivity index (χ1) is 16.0. The number of nitrogens with zero attached hydrogens (tertiary/aromatic N) is 3. The molecule has 6 nitrogen and oxygen atoms in total. The maximum Gasteiger partial charge on any atom is 0.237 e. The van der Waals surface area contributed by atoms with Crippen molar-refractivity contribution in [2.45, 2.75) is 23.9 Å². The lowest BCUT2D eigenvalue weighted by molar-refractivity contribution is -0.115. The molecule has 0 aliphatic heterocycles. The Morgan fingerprint density at radius 1 is 1.03 bits per heavy atom. The van der Waals surface area contributed by atoms with Crippen molar-refractivity contribution in [3.63, 3.8) is 0 Å². The Balaban J connectivity index is 1.33. The number of anilines is 1. The number of aromatic nitrogens is 3. The average molecular weight is 463 g/mol. The number of halogens is 1. The fourth-order valence-corrected chi connectivity index (χ4v) is 3.91. The molecule has 8 heteroatoms. The Morgan fingerprint density at radius 3 is 2.42 bits per heavy atom. The number of rotatable bonds is 8. The second kappa shape index (κ2) is 10.3. The van der Waals surface area contributed by atoms with Crippen molar-refractivity contribution in [1.82, 2.24) is 14.8 Å². The molecule has 1 heterocycles. The minimum absolute atomic E-state index is 0.149. The Hall–Kier alpha value is -3.65. The van der Waals surface area contributed by atoms with Gasteiger partial charge in [-0.3, -0.25) is 4.79 Å². The predicted molar refractivity (Wildman–Crippen MR) is 128 cm³/mol. The van der Waals surface area contributed by atoms with E-state index >= 15 is 0 Å². The number of amides is 1. The molecule has 1 amide bonds. The van der Waals surface area contributed by atoms with Gasteiger partial charge in [0.15, 0.2) is 11.0 Å². The average Bonchev–Trinajstić information content (AvgIpc) is 3.19. The maximum absolute atomic E-state index is 13.2. The lowest BCUT2D eigenvalue weighted by Crippen LogP contribution is -2.22. The molecule has 1 unspecified atom stereocenters. The van der Waals surface area contributed by atoms with Crippen LogP contribution in [0.25, 0.3) is 11.4 Å². The number of carbonyl (C=O) groups excluding carboxylic acids is 1. The van der Waals surface area contributed by atoms with Crippen molar-refractivity contribution in [1.29, 1.82) is 0 Å². The van der Waals surface area contributed by atoms with Gasteiger partial charge in [0.2, 0.25) is 5.91 Å². The molecule has 0 aliphatic rings. The molecule has 0 saturated carbocycles. The van der Waals surface area contributed by atoms with Gasteiger partial charge in [-0.1, -0.05) is 42.1 Å². The minimum Gasteiger partial charge on any atom is -0.489 e. The van der Waals surface area contributed by atoms with E-state index in [0.29, 0.717) is 23.3 Å². The van der Waals surface area contributed by atoms with Gasteiger partial charge in [0.25, 0.3) is 0 Å². The first-order valence-electron chi connectivity index (χ1n) is 10.4. The van der Waals surface area contributed by atoms with Gasteiger partial charge in [-0.25, -0.2) is 4.39 Å². The predicted octanol–water partition coefficient (Wildman–Crippen LogP) is 5.32. The number of nitrogens with one attached hydrogen (secondary N) is 1. The molecule has 1 N–H and O–H groups in total. The number of thioether (sulfide) groups is 1. The highest BCUT2D eigenvalue weighted by molar-refractivity contribution is 8.00. The van der Waals surface area contributed by atoms with E-state index in [-0.39, 0.29) is 11.7 Å². The molecule has 0 saturated heterocycles. The van der Waals surface area contributed by atoms with Crippen LogP contribution in [-0.4, -0.2) is 25.9 Å². The molecule has 1 aromatic heterocycles. The number of benzene rings is 3. The summed E-state index contributed by atoms with van der Waals surface area (Å²) in [6.45, 7) is 2.29. The van der Waals surface area contributed by atoms with Crippen molar-refractivity contribution in [2.24, 2.45) is 7.05 Å². The molecule has 0 aliphatic carbocycles. The Labute approximate surface area is 195 Å². The minimum atomic E-state index is -0.400. The Kier molecular flexibility index (Phi) is 7.04. The van der Waals surface area contributed by atoms with Crippen molar-refractivity contribution in [2.75, 3.05) is 5.32 Å². The molecular formula is C25H23FN4O2S. The topological polar surface area (TPSA) is 69.0 Å². The van der Waals surface area contributed by atoms with Gasteiger partial charge < -0.3 is 14.6 Å². The lowest BCUT2D eigenvalue weighted by Gasteiger charge is -2.12. The van der Waals surface area contributed by atoms with Gasteiger partial charge in [-0.15, -0.1) is 10.2 Å².